The zero-order valence-electron chi connectivity index (χ0n) is 13.0. The molecule has 0 spiro atoms. The quantitative estimate of drug-likeness (QED) is 0.405. The molecular formula is C17H13BrN4OS2. The Balaban J connectivity index is 1.99. The standard InChI is InChI=1S/C17H13BrN4OS2/c18-8-5-9(23)13-15(25-17(20)21-13)12(8)11-7-3-1-2-6(7)4-10-14(11)22-16(19)24-10/h4-5,23H,1-3H2,(H2,19,22)(H2,20,21). The van der Waals surface area contributed by atoms with E-state index in [0.29, 0.717) is 15.8 Å². The Hall–Kier alpha value is -1.90. The molecule has 2 aromatic heterocycles. The second kappa shape index (κ2) is 5.30. The van der Waals surface area contributed by atoms with Crippen LogP contribution in [0.3, 0.4) is 0 Å². The molecule has 0 saturated heterocycles. The van der Waals surface area contributed by atoms with Gasteiger partial charge in [-0.2, -0.15) is 0 Å². The molecule has 4 aromatic rings. The first kappa shape index (κ1) is 15.4. The van der Waals surface area contributed by atoms with Crippen LogP contribution < -0.4 is 11.5 Å². The molecule has 0 radical (unpaired) electrons. The lowest BCUT2D eigenvalue weighted by molar-refractivity contribution is 0.480. The first-order chi connectivity index (χ1) is 12.0. The van der Waals surface area contributed by atoms with Crippen molar-refractivity contribution in [2.24, 2.45) is 0 Å². The molecule has 5 rings (SSSR count). The van der Waals surface area contributed by atoms with Crippen molar-refractivity contribution in [1.29, 1.82) is 0 Å². The van der Waals surface area contributed by atoms with Crippen LogP contribution in [0.2, 0.25) is 0 Å². The number of aromatic hydroxyl groups is 1. The molecule has 0 saturated carbocycles. The van der Waals surface area contributed by atoms with Gasteiger partial charge in [0.05, 0.1) is 14.9 Å². The lowest BCUT2D eigenvalue weighted by atomic mass is 9.95. The van der Waals surface area contributed by atoms with Crippen molar-refractivity contribution >= 4 is 69.3 Å². The summed E-state index contributed by atoms with van der Waals surface area (Å²) in [4.78, 5) is 8.91. The average Bonchev–Trinajstić information content (AvgIpc) is 3.23. The number of hydrogen-bond acceptors (Lipinski definition) is 7. The molecule has 5 nitrogen and oxygen atoms in total. The summed E-state index contributed by atoms with van der Waals surface area (Å²) < 4.78 is 2.78. The monoisotopic (exact) mass is 432 g/mol. The molecule has 2 heterocycles. The van der Waals surface area contributed by atoms with Crippen LogP contribution in [-0.4, -0.2) is 15.1 Å². The first-order valence-electron chi connectivity index (χ1n) is 7.81. The van der Waals surface area contributed by atoms with E-state index < -0.39 is 0 Å². The average molecular weight is 433 g/mol. The normalized spacial score (nSPS) is 13.8. The van der Waals surface area contributed by atoms with E-state index in [2.05, 4.69) is 32.0 Å². The second-order valence-electron chi connectivity index (χ2n) is 6.12. The Morgan fingerprint density at radius 2 is 1.76 bits per heavy atom. The molecule has 1 aliphatic carbocycles. The van der Waals surface area contributed by atoms with Crippen LogP contribution in [0.25, 0.3) is 31.6 Å². The third-order valence-electron chi connectivity index (χ3n) is 4.64. The highest BCUT2D eigenvalue weighted by molar-refractivity contribution is 9.10. The minimum atomic E-state index is 0.125. The predicted octanol–water partition coefficient (Wildman–Crippen LogP) is 4.69. The maximum Gasteiger partial charge on any atom is 0.181 e. The van der Waals surface area contributed by atoms with Gasteiger partial charge in [-0.3, -0.25) is 0 Å². The van der Waals surface area contributed by atoms with E-state index >= 15 is 0 Å². The van der Waals surface area contributed by atoms with Gasteiger partial charge >= 0.3 is 0 Å². The summed E-state index contributed by atoms with van der Waals surface area (Å²) in [7, 11) is 0. The van der Waals surface area contributed by atoms with Gasteiger partial charge < -0.3 is 16.6 Å². The minimum Gasteiger partial charge on any atom is -0.506 e. The minimum absolute atomic E-state index is 0.125. The van der Waals surface area contributed by atoms with Crippen molar-refractivity contribution in [3.05, 3.63) is 27.7 Å². The van der Waals surface area contributed by atoms with Gasteiger partial charge in [0, 0.05) is 15.6 Å². The van der Waals surface area contributed by atoms with E-state index in [0.717, 1.165) is 49.8 Å². The topological polar surface area (TPSA) is 98.0 Å². The number of phenols is 1. The van der Waals surface area contributed by atoms with Crippen molar-refractivity contribution < 1.29 is 5.11 Å². The Kier molecular flexibility index (Phi) is 3.25. The van der Waals surface area contributed by atoms with Crippen LogP contribution in [0.5, 0.6) is 5.75 Å². The number of nitrogens with two attached hydrogens (primary N) is 2. The number of aryl methyl sites for hydroxylation is 1. The number of aromatic nitrogens is 2. The van der Waals surface area contributed by atoms with Crippen LogP contribution >= 0.6 is 38.6 Å². The highest BCUT2D eigenvalue weighted by atomic mass is 79.9. The highest BCUT2D eigenvalue weighted by Crippen LogP contribution is 2.49. The molecule has 25 heavy (non-hydrogen) atoms. The number of hydrogen-bond donors (Lipinski definition) is 3. The fourth-order valence-electron chi connectivity index (χ4n) is 3.69. The molecule has 5 N–H and O–H groups in total. The highest BCUT2D eigenvalue weighted by Gasteiger charge is 2.26. The molecule has 0 amide bonds. The van der Waals surface area contributed by atoms with Gasteiger partial charge in [0.25, 0.3) is 0 Å². The lowest BCUT2D eigenvalue weighted by Gasteiger charge is -2.13. The van der Waals surface area contributed by atoms with Crippen molar-refractivity contribution in [1.82, 2.24) is 9.97 Å². The molecule has 0 fully saturated rings. The zero-order chi connectivity index (χ0) is 17.3. The Labute approximate surface area is 159 Å². The number of rotatable bonds is 1. The van der Waals surface area contributed by atoms with Crippen molar-refractivity contribution in [2.45, 2.75) is 19.3 Å². The molecule has 1 aliphatic rings. The number of anilines is 2. The Bertz CT molecular complexity index is 1180. The SMILES string of the molecule is Nc1nc2c(-c3c(Br)cc(O)c4nc(N)sc34)c3c(cc2s1)CCC3. The van der Waals surface area contributed by atoms with Gasteiger partial charge in [-0.05, 0) is 58.5 Å². The number of nitrogen functional groups attached to an aromatic ring is 2. The van der Waals surface area contributed by atoms with Gasteiger partial charge in [-0.25, -0.2) is 9.97 Å². The number of thiazole rings is 2. The van der Waals surface area contributed by atoms with Gasteiger partial charge in [-0.1, -0.05) is 22.7 Å². The van der Waals surface area contributed by atoms with Crippen molar-refractivity contribution in [3.63, 3.8) is 0 Å². The summed E-state index contributed by atoms with van der Waals surface area (Å²) in [6.45, 7) is 0. The zero-order valence-corrected chi connectivity index (χ0v) is 16.2. The summed E-state index contributed by atoms with van der Waals surface area (Å²) in [5, 5.41) is 11.3. The summed E-state index contributed by atoms with van der Waals surface area (Å²) in [5.41, 5.74) is 18.2. The van der Waals surface area contributed by atoms with E-state index in [9.17, 15) is 5.11 Å². The molecule has 0 aliphatic heterocycles. The molecular weight excluding hydrogens is 420 g/mol. The fraction of sp³-hybridized carbons (Fsp3) is 0.176. The van der Waals surface area contributed by atoms with Crippen molar-refractivity contribution in [2.75, 3.05) is 11.5 Å². The van der Waals surface area contributed by atoms with Crippen LogP contribution in [-0.2, 0) is 12.8 Å². The van der Waals surface area contributed by atoms with Gasteiger partial charge in [0.15, 0.2) is 10.3 Å². The smallest absolute Gasteiger partial charge is 0.181 e. The van der Waals surface area contributed by atoms with Gasteiger partial charge in [0.1, 0.15) is 11.3 Å². The van der Waals surface area contributed by atoms with Crippen LogP contribution in [0.1, 0.15) is 17.5 Å². The molecule has 0 atom stereocenters. The first-order valence-corrected chi connectivity index (χ1v) is 10.2. The Morgan fingerprint density at radius 1 is 1.00 bits per heavy atom. The van der Waals surface area contributed by atoms with E-state index in [1.165, 1.54) is 33.8 Å². The predicted molar refractivity (Wildman–Crippen MR) is 108 cm³/mol. The fourth-order valence-corrected chi connectivity index (χ4v) is 6.15. The van der Waals surface area contributed by atoms with Crippen LogP contribution in [0, 0.1) is 0 Å². The van der Waals surface area contributed by atoms with Gasteiger partial charge in [0.2, 0.25) is 0 Å². The van der Waals surface area contributed by atoms with Crippen molar-refractivity contribution in [3.8, 4) is 16.9 Å². The maximum atomic E-state index is 10.3. The number of halogens is 1. The van der Waals surface area contributed by atoms with E-state index in [4.69, 9.17) is 11.5 Å². The summed E-state index contributed by atoms with van der Waals surface area (Å²) in [6, 6.07) is 3.91. The number of phenolic OH excluding ortho intramolecular Hbond substituents is 1. The molecule has 8 heteroatoms. The van der Waals surface area contributed by atoms with E-state index in [-0.39, 0.29) is 5.75 Å². The summed E-state index contributed by atoms with van der Waals surface area (Å²) in [5.74, 6) is 0.125. The molecule has 0 unspecified atom stereocenters. The Morgan fingerprint density at radius 3 is 2.60 bits per heavy atom. The molecule has 2 aromatic carbocycles. The van der Waals surface area contributed by atoms with E-state index in [1.807, 2.05) is 0 Å². The third-order valence-corrected chi connectivity index (χ3v) is 7.00. The number of nitrogens with zero attached hydrogens (tertiary/aromatic N) is 2. The van der Waals surface area contributed by atoms with Crippen LogP contribution in [0.4, 0.5) is 10.3 Å². The molecule has 126 valence electrons. The summed E-state index contributed by atoms with van der Waals surface area (Å²) in [6.07, 6.45) is 3.22. The van der Waals surface area contributed by atoms with E-state index in [1.54, 1.807) is 6.07 Å². The number of fused-ring (bicyclic) bond motifs is 3. The third kappa shape index (κ3) is 2.17. The van der Waals surface area contributed by atoms with Gasteiger partial charge in [-0.15, -0.1) is 0 Å². The molecule has 0 bridgehead atoms. The summed E-state index contributed by atoms with van der Waals surface area (Å²) >= 11 is 6.53. The number of benzene rings is 2. The second-order valence-corrected chi connectivity index (χ2v) is 9.07. The lowest BCUT2D eigenvalue weighted by Crippen LogP contribution is -1.93. The van der Waals surface area contributed by atoms with Crippen LogP contribution in [0.15, 0.2) is 16.6 Å². The largest absolute Gasteiger partial charge is 0.506 e. The maximum absolute atomic E-state index is 10.3.